The Balaban J connectivity index is 2.04. The Morgan fingerprint density at radius 1 is 1.00 bits per heavy atom. The van der Waals surface area contributed by atoms with Crippen LogP contribution in [0.1, 0.15) is 34.8 Å². The van der Waals surface area contributed by atoms with Gasteiger partial charge in [0.15, 0.2) is 11.5 Å². The molecule has 5 nitrogen and oxygen atoms in total. The molecule has 0 spiro atoms. The molecule has 134 valence electrons. The Hall–Kier alpha value is -2.53. The topological polar surface area (TPSA) is 54.0 Å². The van der Waals surface area contributed by atoms with Crippen LogP contribution in [0.5, 0.6) is 11.5 Å². The number of carbonyl (C=O) groups excluding carboxylic acids is 1. The van der Waals surface area contributed by atoms with E-state index in [9.17, 15) is 4.79 Å². The van der Waals surface area contributed by atoms with Crippen LogP contribution in [0.3, 0.4) is 0 Å². The summed E-state index contributed by atoms with van der Waals surface area (Å²) < 4.78 is 21.5. The number of rotatable bonds is 9. The summed E-state index contributed by atoms with van der Waals surface area (Å²) in [7, 11) is 3.18. The molecule has 0 bridgehead atoms. The summed E-state index contributed by atoms with van der Waals surface area (Å²) in [5, 5.41) is 0. The number of hydrogen-bond donors (Lipinski definition) is 0. The summed E-state index contributed by atoms with van der Waals surface area (Å²) in [6, 6.07) is 12.8. The minimum atomic E-state index is -0.377. The van der Waals surface area contributed by atoms with Gasteiger partial charge in [0.1, 0.15) is 6.61 Å². The zero-order chi connectivity index (χ0) is 18.1. The fourth-order valence-electron chi connectivity index (χ4n) is 2.36. The van der Waals surface area contributed by atoms with E-state index in [0.717, 1.165) is 17.5 Å². The third kappa shape index (κ3) is 5.22. The van der Waals surface area contributed by atoms with E-state index in [4.69, 9.17) is 18.9 Å². The molecule has 0 aliphatic rings. The first kappa shape index (κ1) is 18.8. The molecule has 0 radical (unpaired) electrons. The maximum Gasteiger partial charge on any atom is 0.338 e. The Kier molecular flexibility index (Phi) is 7.29. The Labute approximate surface area is 148 Å². The fraction of sp³-hybridized carbons (Fsp3) is 0.350. The lowest BCUT2D eigenvalue weighted by Gasteiger charge is -2.12. The van der Waals surface area contributed by atoms with Gasteiger partial charge in [0.05, 0.1) is 25.9 Å². The van der Waals surface area contributed by atoms with Gasteiger partial charge in [-0.3, -0.25) is 0 Å². The van der Waals surface area contributed by atoms with Gasteiger partial charge in [-0.25, -0.2) is 4.79 Å². The highest BCUT2D eigenvalue weighted by molar-refractivity contribution is 5.91. The van der Waals surface area contributed by atoms with Crippen LogP contribution in [0, 0.1) is 0 Å². The van der Waals surface area contributed by atoms with E-state index in [-0.39, 0.29) is 12.6 Å². The molecule has 25 heavy (non-hydrogen) atoms. The highest BCUT2D eigenvalue weighted by Crippen LogP contribution is 2.28. The number of hydrogen-bond acceptors (Lipinski definition) is 5. The molecular formula is C20H24O5. The van der Waals surface area contributed by atoms with Gasteiger partial charge in [-0.1, -0.05) is 31.2 Å². The molecule has 0 saturated heterocycles. The summed E-state index contributed by atoms with van der Waals surface area (Å²) in [6.45, 7) is 3.19. The van der Waals surface area contributed by atoms with Crippen molar-refractivity contribution in [1.82, 2.24) is 0 Å². The van der Waals surface area contributed by atoms with Crippen LogP contribution in [0.25, 0.3) is 0 Å². The first-order valence-electron chi connectivity index (χ1n) is 8.23. The van der Waals surface area contributed by atoms with Gasteiger partial charge >= 0.3 is 5.97 Å². The predicted octanol–water partition coefficient (Wildman–Crippen LogP) is 3.99. The Morgan fingerprint density at radius 3 is 2.52 bits per heavy atom. The van der Waals surface area contributed by atoms with Crippen LogP contribution in [0.4, 0.5) is 0 Å². The van der Waals surface area contributed by atoms with E-state index in [2.05, 4.69) is 0 Å². The maximum atomic E-state index is 12.3. The van der Waals surface area contributed by atoms with E-state index in [1.807, 2.05) is 37.3 Å². The molecular weight excluding hydrogens is 320 g/mol. The number of benzene rings is 2. The van der Waals surface area contributed by atoms with Gasteiger partial charge < -0.3 is 18.9 Å². The standard InChI is InChI=1S/C20H24O5/c1-4-11-24-18-10-9-15(12-19(18)23-3)13-25-20(21)17-8-6-5-7-16(17)14-22-2/h5-10,12H,4,11,13-14H2,1-3H3. The third-order valence-corrected chi connectivity index (χ3v) is 3.60. The third-order valence-electron chi connectivity index (χ3n) is 3.60. The van der Waals surface area contributed by atoms with Crippen molar-refractivity contribution in [1.29, 1.82) is 0 Å². The predicted molar refractivity (Wildman–Crippen MR) is 95.1 cm³/mol. The van der Waals surface area contributed by atoms with Crippen LogP contribution >= 0.6 is 0 Å². The fourth-order valence-corrected chi connectivity index (χ4v) is 2.36. The highest BCUT2D eigenvalue weighted by Gasteiger charge is 2.13. The Morgan fingerprint density at radius 2 is 1.80 bits per heavy atom. The molecule has 0 fully saturated rings. The van der Waals surface area contributed by atoms with Crippen molar-refractivity contribution in [2.24, 2.45) is 0 Å². The minimum Gasteiger partial charge on any atom is -0.493 e. The lowest BCUT2D eigenvalue weighted by Crippen LogP contribution is -2.09. The number of carbonyl (C=O) groups is 1. The van der Waals surface area contributed by atoms with Crippen molar-refractivity contribution < 1.29 is 23.7 Å². The van der Waals surface area contributed by atoms with Crippen molar-refractivity contribution in [2.45, 2.75) is 26.6 Å². The highest BCUT2D eigenvalue weighted by atomic mass is 16.5. The second-order valence-corrected chi connectivity index (χ2v) is 5.50. The molecule has 2 aromatic rings. The summed E-state index contributed by atoms with van der Waals surface area (Å²) in [5.41, 5.74) is 2.15. The molecule has 0 aliphatic carbocycles. The lowest BCUT2D eigenvalue weighted by molar-refractivity contribution is 0.0467. The van der Waals surface area contributed by atoms with Gasteiger partial charge in [-0.05, 0) is 35.7 Å². The molecule has 0 aromatic heterocycles. The molecule has 0 unspecified atom stereocenters. The van der Waals surface area contributed by atoms with E-state index >= 15 is 0 Å². The number of esters is 1. The van der Waals surface area contributed by atoms with Gasteiger partial charge in [0.25, 0.3) is 0 Å². The second-order valence-electron chi connectivity index (χ2n) is 5.50. The summed E-state index contributed by atoms with van der Waals surface area (Å²) in [4.78, 5) is 12.3. The zero-order valence-electron chi connectivity index (χ0n) is 14.9. The molecule has 2 rings (SSSR count). The molecule has 0 saturated carbocycles. The monoisotopic (exact) mass is 344 g/mol. The maximum absolute atomic E-state index is 12.3. The molecule has 0 heterocycles. The number of methoxy groups -OCH3 is 2. The van der Waals surface area contributed by atoms with Gasteiger partial charge in [-0.2, -0.15) is 0 Å². The first-order chi connectivity index (χ1) is 12.2. The molecule has 5 heteroatoms. The van der Waals surface area contributed by atoms with Crippen LogP contribution in [0.15, 0.2) is 42.5 Å². The van der Waals surface area contributed by atoms with Crippen molar-refractivity contribution in [3.63, 3.8) is 0 Å². The van der Waals surface area contributed by atoms with Crippen LogP contribution in [-0.4, -0.2) is 26.8 Å². The van der Waals surface area contributed by atoms with Gasteiger partial charge in [0.2, 0.25) is 0 Å². The molecule has 0 N–H and O–H groups in total. The van der Waals surface area contributed by atoms with Crippen LogP contribution in [-0.2, 0) is 22.7 Å². The normalized spacial score (nSPS) is 10.4. The second kappa shape index (κ2) is 9.69. The van der Waals surface area contributed by atoms with Crippen molar-refractivity contribution >= 4 is 5.97 Å². The molecule has 0 aliphatic heterocycles. The van der Waals surface area contributed by atoms with E-state index in [1.165, 1.54) is 0 Å². The smallest absolute Gasteiger partial charge is 0.338 e. The largest absolute Gasteiger partial charge is 0.493 e. The quantitative estimate of drug-likeness (QED) is 0.644. The van der Waals surface area contributed by atoms with E-state index in [0.29, 0.717) is 30.3 Å². The summed E-state index contributed by atoms with van der Waals surface area (Å²) in [5.74, 6) is 0.935. The van der Waals surface area contributed by atoms with Crippen LogP contribution in [0.2, 0.25) is 0 Å². The Bertz CT molecular complexity index is 696. The minimum absolute atomic E-state index is 0.157. The summed E-state index contributed by atoms with van der Waals surface area (Å²) >= 11 is 0. The number of ether oxygens (including phenoxy) is 4. The molecule has 0 atom stereocenters. The molecule has 2 aromatic carbocycles. The average Bonchev–Trinajstić information content (AvgIpc) is 2.65. The SMILES string of the molecule is CCCOc1ccc(COC(=O)c2ccccc2COC)cc1OC. The average molecular weight is 344 g/mol. The zero-order valence-corrected chi connectivity index (χ0v) is 14.9. The van der Waals surface area contributed by atoms with E-state index in [1.54, 1.807) is 26.4 Å². The lowest BCUT2D eigenvalue weighted by atomic mass is 10.1. The van der Waals surface area contributed by atoms with Gasteiger partial charge in [-0.15, -0.1) is 0 Å². The van der Waals surface area contributed by atoms with Crippen LogP contribution < -0.4 is 9.47 Å². The summed E-state index contributed by atoms with van der Waals surface area (Å²) in [6.07, 6.45) is 0.920. The molecule has 0 amide bonds. The van der Waals surface area contributed by atoms with Crippen molar-refractivity contribution in [2.75, 3.05) is 20.8 Å². The van der Waals surface area contributed by atoms with E-state index < -0.39 is 0 Å². The van der Waals surface area contributed by atoms with Crippen molar-refractivity contribution in [3.05, 3.63) is 59.2 Å². The first-order valence-corrected chi connectivity index (χ1v) is 8.23. The van der Waals surface area contributed by atoms with Crippen molar-refractivity contribution in [3.8, 4) is 11.5 Å². The van der Waals surface area contributed by atoms with Gasteiger partial charge in [0, 0.05) is 7.11 Å².